The molecule has 0 aliphatic heterocycles. The van der Waals surface area contributed by atoms with Crippen molar-refractivity contribution in [2.75, 3.05) is 0 Å². The average molecular weight is 231 g/mol. The number of hydrogen-bond donors (Lipinski definition) is 1. The summed E-state index contributed by atoms with van der Waals surface area (Å²) in [5.41, 5.74) is 1.14. The third-order valence-corrected chi connectivity index (χ3v) is 2.07. The normalized spacial score (nSPS) is 8.89. The third kappa shape index (κ3) is 1.49. The van der Waals surface area contributed by atoms with E-state index in [1.54, 1.807) is 0 Å². The van der Waals surface area contributed by atoms with Gasteiger partial charge in [-0.2, -0.15) is 0 Å². The molecule has 1 heterocycles. The molecule has 0 aliphatic carbocycles. The molecule has 1 rings (SSSR count). The van der Waals surface area contributed by atoms with Gasteiger partial charge in [0.25, 0.3) is 0 Å². The van der Waals surface area contributed by atoms with Gasteiger partial charge in [0, 0.05) is 21.9 Å². The predicted octanol–water partition coefficient (Wildman–Crippen LogP) is 1.79. The molecule has 0 amide bonds. The van der Waals surface area contributed by atoms with Crippen molar-refractivity contribution in [2.24, 2.45) is 0 Å². The van der Waals surface area contributed by atoms with Crippen LogP contribution in [-0.4, -0.2) is 4.98 Å². The van der Waals surface area contributed by atoms with Gasteiger partial charge in [0.05, 0.1) is 0 Å². The van der Waals surface area contributed by atoms with Crippen LogP contribution in [0.5, 0.6) is 0 Å². The van der Waals surface area contributed by atoms with E-state index in [9.17, 15) is 0 Å². The van der Waals surface area contributed by atoms with E-state index in [1.807, 2.05) is 12.3 Å². The van der Waals surface area contributed by atoms with Gasteiger partial charge in [0.1, 0.15) is 0 Å². The number of rotatable bonds is 1. The summed E-state index contributed by atoms with van der Waals surface area (Å²) in [7, 11) is 0. The fourth-order valence-corrected chi connectivity index (χ4v) is 1.15. The highest BCUT2D eigenvalue weighted by Gasteiger charge is 1.95. The number of nitrogens with one attached hydrogen (secondary N) is 1. The first-order valence-electron chi connectivity index (χ1n) is 2.60. The van der Waals surface area contributed by atoms with Crippen LogP contribution in [-0.2, 0) is 6.42 Å². The lowest BCUT2D eigenvalue weighted by molar-refractivity contribution is 1.17. The smallest absolute Gasteiger partial charge is 0.0499 e. The lowest BCUT2D eigenvalue weighted by Gasteiger charge is -1.87. The Morgan fingerprint density at radius 1 is 1.78 bits per heavy atom. The van der Waals surface area contributed by atoms with Crippen LogP contribution in [0, 0.1) is 15.9 Å². The Kier molecular flexibility index (Phi) is 2.17. The summed E-state index contributed by atoms with van der Waals surface area (Å²) in [5.74, 6) is 2.57. The van der Waals surface area contributed by atoms with Gasteiger partial charge in [0.2, 0.25) is 0 Å². The summed E-state index contributed by atoms with van der Waals surface area (Å²) < 4.78 is 1.21. The Morgan fingerprint density at radius 3 is 3.00 bits per heavy atom. The van der Waals surface area contributed by atoms with Crippen molar-refractivity contribution in [2.45, 2.75) is 6.42 Å². The Morgan fingerprint density at radius 2 is 2.56 bits per heavy atom. The molecule has 0 saturated carbocycles. The van der Waals surface area contributed by atoms with Crippen molar-refractivity contribution in [1.29, 1.82) is 0 Å². The summed E-state index contributed by atoms with van der Waals surface area (Å²) in [4.78, 5) is 3.06. The zero-order chi connectivity index (χ0) is 6.69. The molecule has 0 aromatic carbocycles. The molecule has 1 nitrogen and oxygen atoms in total. The topological polar surface area (TPSA) is 15.8 Å². The minimum absolute atomic E-state index is 0.700. The molecule has 1 aromatic heterocycles. The maximum absolute atomic E-state index is 5.12. The molecule has 0 aliphatic rings. The first kappa shape index (κ1) is 6.69. The van der Waals surface area contributed by atoms with Crippen LogP contribution in [0.15, 0.2) is 12.3 Å². The fraction of sp³-hybridized carbons (Fsp3) is 0.143. The zero-order valence-corrected chi connectivity index (χ0v) is 6.97. The molecule has 0 bridgehead atoms. The van der Waals surface area contributed by atoms with E-state index in [-0.39, 0.29) is 0 Å². The van der Waals surface area contributed by atoms with Crippen molar-refractivity contribution in [1.82, 2.24) is 4.98 Å². The van der Waals surface area contributed by atoms with Crippen LogP contribution in [0.25, 0.3) is 0 Å². The molecule has 0 atom stereocenters. The minimum Gasteiger partial charge on any atom is -0.363 e. The standard InChI is InChI=1S/C7H6IN/c1-2-3-7-6(8)4-5-9-7/h1,4-5,9H,3H2. The second-order valence-corrected chi connectivity index (χ2v) is 2.85. The lowest BCUT2D eigenvalue weighted by atomic mass is 10.3. The maximum Gasteiger partial charge on any atom is 0.0499 e. The average Bonchev–Trinajstić information content (AvgIpc) is 2.18. The van der Waals surface area contributed by atoms with Gasteiger partial charge in [0.15, 0.2) is 0 Å². The molecule has 0 spiro atoms. The van der Waals surface area contributed by atoms with Gasteiger partial charge in [-0.25, -0.2) is 0 Å². The quantitative estimate of drug-likeness (QED) is 0.560. The van der Waals surface area contributed by atoms with Gasteiger partial charge in [-0.15, -0.1) is 12.3 Å². The number of aromatic nitrogens is 1. The highest BCUT2D eigenvalue weighted by Crippen LogP contribution is 2.08. The van der Waals surface area contributed by atoms with Crippen LogP contribution in [0.3, 0.4) is 0 Å². The number of halogens is 1. The molecule has 1 N–H and O–H groups in total. The Bertz CT molecular complexity index is 231. The van der Waals surface area contributed by atoms with Crippen molar-refractivity contribution in [3.8, 4) is 12.3 Å². The first-order chi connectivity index (χ1) is 4.34. The maximum atomic E-state index is 5.12. The van der Waals surface area contributed by atoms with Gasteiger partial charge in [-0.3, -0.25) is 0 Å². The second-order valence-electron chi connectivity index (χ2n) is 1.69. The largest absolute Gasteiger partial charge is 0.363 e. The van der Waals surface area contributed by atoms with Crippen LogP contribution in [0.4, 0.5) is 0 Å². The molecule has 0 fully saturated rings. The Labute approximate surface area is 68.0 Å². The van der Waals surface area contributed by atoms with Gasteiger partial charge >= 0.3 is 0 Å². The highest BCUT2D eigenvalue weighted by molar-refractivity contribution is 14.1. The number of aromatic amines is 1. The van der Waals surface area contributed by atoms with E-state index < -0.39 is 0 Å². The van der Waals surface area contributed by atoms with Crippen molar-refractivity contribution in [3.63, 3.8) is 0 Å². The molecular weight excluding hydrogens is 225 g/mol. The predicted molar refractivity (Wildman–Crippen MR) is 46.0 cm³/mol. The second kappa shape index (κ2) is 2.92. The summed E-state index contributed by atoms with van der Waals surface area (Å²) in [5, 5.41) is 0. The van der Waals surface area contributed by atoms with Crippen LogP contribution >= 0.6 is 22.6 Å². The Balaban J connectivity index is 2.84. The fourth-order valence-electron chi connectivity index (χ4n) is 0.622. The van der Waals surface area contributed by atoms with Gasteiger partial charge in [-0.05, 0) is 28.7 Å². The van der Waals surface area contributed by atoms with E-state index in [4.69, 9.17) is 6.42 Å². The van der Waals surface area contributed by atoms with Crippen molar-refractivity contribution >= 4 is 22.6 Å². The number of terminal acetylenes is 1. The van der Waals surface area contributed by atoms with E-state index in [1.165, 1.54) is 3.57 Å². The van der Waals surface area contributed by atoms with E-state index in [2.05, 4.69) is 33.5 Å². The number of H-pyrrole nitrogens is 1. The summed E-state index contributed by atoms with van der Waals surface area (Å²) in [6.45, 7) is 0. The molecule has 46 valence electrons. The molecule has 0 radical (unpaired) electrons. The van der Waals surface area contributed by atoms with E-state index >= 15 is 0 Å². The van der Waals surface area contributed by atoms with Crippen molar-refractivity contribution < 1.29 is 0 Å². The molecule has 0 saturated heterocycles. The van der Waals surface area contributed by atoms with E-state index in [0.717, 1.165) is 5.69 Å². The minimum atomic E-state index is 0.700. The SMILES string of the molecule is C#CCc1[nH]ccc1I. The van der Waals surface area contributed by atoms with Crippen LogP contribution in [0.1, 0.15) is 5.69 Å². The molecule has 1 aromatic rings. The monoisotopic (exact) mass is 231 g/mol. The molecular formula is C7H6IN. The molecule has 9 heavy (non-hydrogen) atoms. The lowest BCUT2D eigenvalue weighted by Crippen LogP contribution is -1.81. The van der Waals surface area contributed by atoms with Crippen LogP contribution < -0.4 is 0 Å². The zero-order valence-electron chi connectivity index (χ0n) is 4.82. The van der Waals surface area contributed by atoms with Crippen molar-refractivity contribution in [3.05, 3.63) is 21.5 Å². The third-order valence-electron chi connectivity index (χ3n) is 1.05. The highest BCUT2D eigenvalue weighted by atomic mass is 127. The van der Waals surface area contributed by atoms with Gasteiger partial charge < -0.3 is 4.98 Å². The molecule has 0 unspecified atom stereocenters. The Hall–Kier alpha value is -0.430. The van der Waals surface area contributed by atoms with E-state index in [0.29, 0.717) is 6.42 Å². The van der Waals surface area contributed by atoms with Gasteiger partial charge in [-0.1, -0.05) is 0 Å². The summed E-state index contributed by atoms with van der Waals surface area (Å²) in [6.07, 6.45) is 7.71. The summed E-state index contributed by atoms with van der Waals surface area (Å²) in [6, 6.07) is 2.01. The first-order valence-corrected chi connectivity index (χ1v) is 3.67. The summed E-state index contributed by atoms with van der Waals surface area (Å²) >= 11 is 2.25. The molecule has 2 heteroatoms. The number of hydrogen-bond acceptors (Lipinski definition) is 0. The van der Waals surface area contributed by atoms with Crippen LogP contribution in [0.2, 0.25) is 0 Å².